The standard InChI is InChI=1S/C22H23F2N3O4/c1-31-16-7-5-15(6-8-16)26-22(30)19-3-2-12-27(19)20(28)10-11-25-21(29)17-9-4-14(23)13-18(17)24/h4-9,13,19H,2-3,10-12H2,1H3,(H,25,29)(H,26,30)/t19-/m1/s1. The average Bonchev–Trinajstić information content (AvgIpc) is 3.24. The van der Waals surface area contributed by atoms with Gasteiger partial charge in [-0.3, -0.25) is 14.4 Å². The van der Waals surface area contributed by atoms with E-state index in [2.05, 4.69) is 10.6 Å². The van der Waals surface area contributed by atoms with E-state index in [-0.39, 0.29) is 30.3 Å². The molecule has 0 aromatic heterocycles. The molecule has 1 fully saturated rings. The number of halogens is 2. The summed E-state index contributed by atoms with van der Waals surface area (Å²) in [6.07, 6.45) is 1.20. The monoisotopic (exact) mass is 431 g/mol. The van der Waals surface area contributed by atoms with Crippen LogP contribution in [0.15, 0.2) is 42.5 Å². The zero-order valence-electron chi connectivity index (χ0n) is 17.0. The van der Waals surface area contributed by atoms with Gasteiger partial charge in [-0.25, -0.2) is 8.78 Å². The van der Waals surface area contributed by atoms with Gasteiger partial charge < -0.3 is 20.3 Å². The van der Waals surface area contributed by atoms with Crippen LogP contribution in [0.25, 0.3) is 0 Å². The number of hydrogen-bond donors (Lipinski definition) is 2. The van der Waals surface area contributed by atoms with Gasteiger partial charge in [0.2, 0.25) is 11.8 Å². The highest BCUT2D eigenvalue weighted by Crippen LogP contribution is 2.21. The van der Waals surface area contributed by atoms with Crippen molar-refractivity contribution in [2.75, 3.05) is 25.5 Å². The lowest BCUT2D eigenvalue weighted by molar-refractivity contribution is -0.136. The molecule has 9 heteroatoms. The Morgan fingerprint density at radius 2 is 1.87 bits per heavy atom. The minimum absolute atomic E-state index is 0.0300. The number of amides is 3. The van der Waals surface area contributed by atoms with Gasteiger partial charge in [0.25, 0.3) is 5.91 Å². The van der Waals surface area contributed by atoms with E-state index in [1.54, 1.807) is 31.4 Å². The second kappa shape index (κ2) is 10.0. The molecule has 0 bridgehead atoms. The number of benzene rings is 2. The predicted octanol–water partition coefficient (Wildman–Crippen LogP) is 2.72. The molecule has 7 nitrogen and oxygen atoms in total. The zero-order chi connectivity index (χ0) is 22.4. The van der Waals surface area contributed by atoms with Gasteiger partial charge in [-0.1, -0.05) is 0 Å². The SMILES string of the molecule is COc1ccc(NC(=O)[C@H]2CCCN2C(=O)CCNC(=O)c2ccc(F)cc2F)cc1. The summed E-state index contributed by atoms with van der Waals surface area (Å²) in [5.41, 5.74) is 0.297. The second-order valence-corrected chi connectivity index (χ2v) is 7.09. The first-order chi connectivity index (χ1) is 14.9. The van der Waals surface area contributed by atoms with E-state index >= 15 is 0 Å². The van der Waals surface area contributed by atoms with Crippen molar-refractivity contribution in [3.05, 3.63) is 59.7 Å². The van der Waals surface area contributed by atoms with Crippen LogP contribution in [0.4, 0.5) is 14.5 Å². The third-order valence-electron chi connectivity index (χ3n) is 5.03. The Morgan fingerprint density at radius 3 is 2.55 bits per heavy atom. The van der Waals surface area contributed by atoms with E-state index in [4.69, 9.17) is 4.74 Å². The maximum absolute atomic E-state index is 13.7. The summed E-state index contributed by atoms with van der Waals surface area (Å²) in [4.78, 5) is 38.7. The van der Waals surface area contributed by atoms with Gasteiger partial charge in [0, 0.05) is 31.3 Å². The molecule has 1 atom stereocenters. The smallest absolute Gasteiger partial charge is 0.254 e. The number of anilines is 1. The van der Waals surface area contributed by atoms with Crippen molar-refractivity contribution >= 4 is 23.4 Å². The zero-order valence-corrected chi connectivity index (χ0v) is 17.0. The maximum atomic E-state index is 13.7. The summed E-state index contributed by atoms with van der Waals surface area (Å²) in [5, 5.41) is 5.24. The number of likely N-dealkylation sites (tertiary alicyclic amines) is 1. The molecule has 3 amide bonds. The molecular formula is C22H23F2N3O4. The summed E-state index contributed by atoms with van der Waals surface area (Å²) in [5.74, 6) is -2.39. The van der Waals surface area contributed by atoms with E-state index in [1.165, 1.54) is 4.90 Å². The molecule has 2 N–H and O–H groups in total. The topological polar surface area (TPSA) is 87.7 Å². The molecule has 1 aliphatic heterocycles. The third-order valence-corrected chi connectivity index (χ3v) is 5.03. The molecule has 2 aromatic carbocycles. The first-order valence-corrected chi connectivity index (χ1v) is 9.86. The van der Waals surface area contributed by atoms with Crippen molar-refractivity contribution in [2.45, 2.75) is 25.3 Å². The molecule has 0 spiro atoms. The van der Waals surface area contributed by atoms with Gasteiger partial charge in [0.15, 0.2) is 0 Å². The number of ether oxygens (including phenoxy) is 1. The fourth-order valence-corrected chi connectivity index (χ4v) is 3.43. The maximum Gasteiger partial charge on any atom is 0.254 e. The molecule has 3 rings (SSSR count). The minimum atomic E-state index is -0.973. The number of methoxy groups -OCH3 is 1. The van der Waals surface area contributed by atoms with Crippen molar-refractivity contribution in [2.24, 2.45) is 0 Å². The van der Waals surface area contributed by atoms with Crippen LogP contribution in [0, 0.1) is 11.6 Å². The van der Waals surface area contributed by atoms with E-state index in [0.717, 1.165) is 12.1 Å². The Morgan fingerprint density at radius 1 is 1.13 bits per heavy atom. The number of rotatable bonds is 7. The quantitative estimate of drug-likeness (QED) is 0.706. The highest BCUT2D eigenvalue weighted by molar-refractivity contribution is 5.98. The number of carbonyl (C=O) groups is 3. The summed E-state index contributed by atoms with van der Waals surface area (Å²) < 4.78 is 31.7. The summed E-state index contributed by atoms with van der Waals surface area (Å²) in [6.45, 7) is 0.415. The minimum Gasteiger partial charge on any atom is -0.497 e. The molecule has 1 heterocycles. The lowest BCUT2D eigenvalue weighted by Crippen LogP contribution is -2.44. The van der Waals surface area contributed by atoms with Gasteiger partial charge in [0.1, 0.15) is 23.4 Å². The van der Waals surface area contributed by atoms with E-state index < -0.39 is 23.6 Å². The molecule has 0 aliphatic carbocycles. The molecule has 1 aliphatic rings. The molecule has 1 saturated heterocycles. The Labute approximate surface area is 178 Å². The highest BCUT2D eigenvalue weighted by Gasteiger charge is 2.33. The van der Waals surface area contributed by atoms with Gasteiger partial charge >= 0.3 is 0 Å². The first-order valence-electron chi connectivity index (χ1n) is 9.86. The second-order valence-electron chi connectivity index (χ2n) is 7.09. The molecule has 164 valence electrons. The van der Waals surface area contributed by atoms with Crippen LogP contribution in [-0.2, 0) is 9.59 Å². The van der Waals surface area contributed by atoms with Crippen LogP contribution in [0.1, 0.15) is 29.6 Å². The average molecular weight is 431 g/mol. The van der Waals surface area contributed by atoms with E-state index in [9.17, 15) is 23.2 Å². The summed E-state index contributed by atoms with van der Waals surface area (Å²) in [7, 11) is 1.55. The Kier molecular flexibility index (Phi) is 7.17. The summed E-state index contributed by atoms with van der Waals surface area (Å²) >= 11 is 0. The van der Waals surface area contributed by atoms with Crippen LogP contribution in [-0.4, -0.2) is 48.9 Å². The number of nitrogens with zero attached hydrogens (tertiary/aromatic N) is 1. The normalized spacial score (nSPS) is 15.5. The fraction of sp³-hybridized carbons (Fsp3) is 0.318. The largest absolute Gasteiger partial charge is 0.497 e. The van der Waals surface area contributed by atoms with Crippen LogP contribution in [0.3, 0.4) is 0 Å². The molecule has 0 unspecified atom stereocenters. The molecule has 31 heavy (non-hydrogen) atoms. The van der Waals surface area contributed by atoms with Crippen LogP contribution >= 0.6 is 0 Å². The number of hydrogen-bond acceptors (Lipinski definition) is 4. The van der Waals surface area contributed by atoms with Gasteiger partial charge in [-0.15, -0.1) is 0 Å². The van der Waals surface area contributed by atoms with Gasteiger partial charge in [-0.2, -0.15) is 0 Å². The van der Waals surface area contributed by atoms with Crippen LogP contribution in [0.5, 0.6) is 5.75 Å². The van der Waals surface area contributed by atoms with Crippen molar-refractivity contribution in [3.63, 3.8) is 0 Å². The predicted molar refractivity (Wildman–Crippen MR) is 110 cm³/mol. The Bertz CT molecular complexity index is 966. The Balaban J connectivity index is 1.51. The van der Waals surface area contributed by atoms with Crippen LogP contribution in [0.2, 0.25) is 0 Å². The summed E-state index contributed by atoms with van der Waals surface area (Å²) in [6, 6.07) is 8.92. The molecule has 0 saturated carbocycles. The van der Waals surface area contributed by atoms with E-state index in [1.807, 2.05) is 0 Å². The Hall–Kier alpha value is -3.49. The van der Waals surface area contributed by atoms with Gasteiger partial charge in [0.05, 0.1) is 12.7 Å². The lowest BCUT2D eigenvalue weighted by atomic mass is 10.2. The molecule has 2 aromatic rings. The van der Waals surface area contributed by atoms with Crippen molar-refractivity contribution in [1.29, 1.82) is 0 Å². The molecular weight excluding hydrogens is 408 g/mol. The third kappa shape index (κ3) is 5.56. The first kappa shape index (κ1) is 22.2. The van der Waals surface area contributed by atoms with Crippen LogP contribution < -0.4 is 15.4 Å². The van der Waals surface area contributed by atoms with E-state index in [0.29, 0.717) is 36.9 Å². The highest BCUT2D eigenvalue weighted by atomic mass is 19.1. The lowest BCUT2D eigenvalue weighted by Gasteiger charge is -2.24. The van der Waals surface area contributed by atoms with Crippen molar-refractivity contribution < 1.29 is 27.9 Å². The molecule has 0 radical (unpaired) electrons. The van der Waals surface area contributed by atoms with Crippen molar-refractivity contribution in [3.8, 4) is 5.75 Å². The van der Waals surface area contributed by atoms with Gasteiger partial charge in [-0.05, 0) is 49.2 Å². The number of carbonyl (C=O) groups excluding carboxylic acids is 3. The number of nitrogens with one attached hydrogen (secondary N) is 2. The van der Waals surface area contributed by atoms with Crippen molar-refractivity contribution in [1.82, 2.24) is 10.2 Å². The fourth-order valence-electron chi connectivity index (χ4n) is 3.43.